The molecule has 0 bridgehead atoms. The molecule has 0 aliphatic carbocycles. The molecule has 1 rings (SSSR count). The van der Waals surface area contributed by atoms with E-state index in [4.69, 9.17) is 4.74 Å². The van der Waals surface area contributed by atoms with Crippen molar-refractivity contribution < 1.29 is 14.3 Å². The summed E-state index contributed by atoms with van der Waals surface area (Å²) in [6.07, 6.45) is 0.753. The predicted molar refractivity (Wildman–Crippen MR) is 64.5 cm³/mol. The Bertz CT molecular complexity index is 302. The van der Waals surface area contributed by atoms with Crippen molar-refractivity contribution in [3.8, 4) is 0 Å². The van der Waals surface area contributed by atoms with E-state index in [1.54, 1.807) is 0 Å². The highest BCUT2D eigenvalue weighted by molar-refractivity contribution is 5.82. The van der Waals surface area contributed by atoms with Crippen LogP contribution in [0.2, 0.25) is 0 Å². The molecule has 0 spiro atoms. The molecule has 0 radical (unpaired) electrons. The van der Waals surface area contributed by atoms with Gasteiger partial charge in [-0.2, -0.15) is 0 Å². The number of carbonyl (C=O) groups excluding carboxylic acids is 2. The lowest BCUT2D eigenvalue weighted by molar-refractivity contribution is -0.153. The SMILES string of the molecule is CCC1C(=O)NCCN1CC(C)(C)C(=O)OC. The maximum absolute atomic E-state index is 11.7. The molecule has 1 N–H and O–H groups in total. The van der Waals surface area contributed by atoms with Gasteiger partial charge in [0.1, 0.15) is 0 Å². The summed E-state index contributed by atoms with van der Waals surface area (Å²) in [5.41, 5.74) is -0.584. The van der Waals surface area contributed by atoms with Crippen molar-refractivity contribution in [1.82, 2.24) is 10.2 Å². The van der Waals surface area contributed by atoms with Gasteiger partial charge < -0.3 is 10.1 Å². The van der Waals surface area contributed by atoms with Crippen molar-refractivity contribution in [3.05, 3.63) is 0 Å². The van der Waals surface area contributed by atoms with E-state index >= 15 is 0 Å². The molecule has 5 nitrogen and oxygen atoms in total. The number of hydrogen-bond acceptors (Lipinski definition) is 4. The lowest BCUT2D eigenvalue weighted by Crippen LogP contribution is -2.57. The van der Waals surface area contributed by atoms with Crippen LogP contribution in [-0.2, 0) is 14.3 Å². The minimum Gasteiger partial charge on any atom is -0.469 e. The van der Waals surface area contributed by atoms with Gasteiger partial charge in [-0.3, -0.25) is 14.5 Å². The fourth-order valence-corrected chi connectivity index (χ4v) is 2.24. The topological polar surface area (TPSA) is 58.6 Å². The molecule has 0 aromatic heterocycles. The minimum absolute atomic E-state index is 0.0550. The Kier molecular flexibility index (Phi) is 4.51. The van der Waals surface area contributed by atoms with Crippen molar-refractivity contribution in [3.63, 3.8) is 0 Å². The van der Waals surface area contributed by atoms with Gasteiger partial charge in [0.15, 0.2) is 0 Å². The first-order valence-electron chi connectivity index (χ1n) is 6.02. The summed E-state index contributed by atoms with van der Waals surface area (Å²) in [7, 11) is 1.39. The van der Waals surface area contributed by atoms with Crippen LogP contribution in [0.1, 0.15) is 27.2 Å². The number of carbonyl (C=O) groups is 2. The zero-order valence-electron chi connectivity index (χ0n) is 11.1. The number of amides is 1. The van der Waals surface area contributed by atoms with Crippen LogP contribution >= 0.6 is 0 Å². The van der Waals surface area contributed by atoms with Gasteiger partial charge in [-0.25, -0.2) is 0 Å². The van der Waals surface area contributed by atoms with E-state index in [-0.39, 0.29) is 17.9 Å². The molecule has 1 saturated heterocycles. The summed E-state index contributed by atoms with van der Waals surface area (Å²) >= 11 is 0. The second kappa shape index (κ2) is 5.49. The number of methoxy groups -OCH3 is 1. The summed E-state index contributed by atoms with van der Waals surface area (Å²) in [6.45, 7) is 7.65. The third-order valence-electron chi connectivity index (χ3n) is 3.16. The van der Waals surface area contributed by atoms with Crippen LogP contribution in [0.5, 0.6) is 0 Å². The Morgan fingerprint density at radius 3 is 2.76 bits per heavy atom. The number of esters is 1. The van der Waals surface area contributed by atoms with Crippen molar-refractivity contribution in [1.29, 1.82) is 0 Å². The monoisotopic (exact) mass is 242 g/mol. The van der Waals surface area contributed by atoms with Gasteiger partial charge in [0.2, 0.25) is 5.91 Å². The highest BCUT2D eigenvalue weighted by atomic mass is 16.5. The Labute approximate surface area is 102 Å². The molecule has 1 aliphatic rings. The molecule has 17 heavy (non-hydrogen) atoms. The van der Waals surface area contributed by atoms with Gasteiger partial charge in [0, 0.05) is 19.6 Å². The molecular weight excluding hydrogens is 220 g/mol. The van der Waals surface area contributed by atoms with Crippen LogP contribution in [0.4, 0.5) is 0 Å². The van der Waals surface area contributed by atoms with Crippen LogP contribution in [0.15, 0.2) is 0 Å². The van der Waals surface area contributed by atoms with E-state index in [2.05, 4.69) is 10.2 Å². The van der Waals surface area contributed by atoms with Gasteiger partial charge in [0.05, 0.1) is 18.6 Å². The van der Waals surface area contributed by atoms with Gasteiger partial charge in [-0.05, 0) is 20.3 Å². The van der Waals surface area contributed by atoms with E-state index in [1.807, 2.05) is 20.8 Å². The summed E-state index contributed by atoms with van der Waals surface area (Å²) < 4.78 is 4.79. The Balaban J connectivity index is 2.71. The fraction of sp³-hybridized carbons (Fsp3) is 0.833. The first kappa shape index (κ1) is 14.0. The standard InChI is InChI=1S/C12H22N2O3/c1-5-9-10(15)13-6-7-14(9)8-12(2,3)11(16)17-4/h9H,5-8H2,1-4H3,(H,13,15). The second-order valence-electron chi connectivity index (χ2n) is 5.06. The minimum atomic E-state index is -0.584. The second-order valence-corrected chi connectivity index (χ2v) is 5.06. The fourth-order valence-electron chi connectivity index (χ4n) is 2.24. The molecular formula is C12H22N2O3. The molecule has 1 heterocycles. The molecule has 1 atom stereocenters. The highest BCUT2D eigenvalue weighted by Crippen LogP contribution is 2.22. The van der Waals surface area contributed by atoms with Crippen LogP contribution in [-0.4, -0.2) is 49.6 Å². The van der Waals surface area contributed by atoms with Gasteiger partial charge in [-0.15, -0.1) is 0 Å². The third-order valence-corrected chi connectivity index (χ3v) is 3.16. The summed E-state index contributed by atoms with van der Waals surface area (Å²) in [4.78, 5) is 25.4. The van der Waals surface area contributed by atoms with Crippen LogP contribution in [0.3, 0.4) is 0 Å². The maximum Gasteiger partial charge on any atom is 0.312 e. The molecule has 98 valence electrons. The van der Waals surface area contributed by atoms with E-state index in [0.717, 1.165) is 13.0 Å². The largest absolute Gasteiger partial charge is 0.469 e. The summed E-state index contributed by atoms with van der Waals surface area (Å²) in [6, 6.07) is -0.132. The average Bonchev–Trinajstić information content (AvgIpc) is 2.27. The number of ether oxygens (including phenoxy) is 1. The first-order chi connectivity index (χ1) is 7.92. The first-order valence-corrected chi connectivity index (χ1v) is 6.02. The maximum atomic E-state index is 11.7. The lowest BCUT2D eigenvalue weighted by Gasteiger charge is -2.38. The van der Waals surface area contributed by atoms with Gasteiger partial charge in [0.25, 0.3) is 0 Å². The quantitative estimate of drug-likeness (QED) is 0.725. The van der Waals surface area contributed by atoms with E-state index in [0.29, 0.717) is 13.1 Å². The molecule has 1 amide bonds. The van der Waals surface area contributed by atoms with Crippen molar-refractivity contribution in [2.75, 3.05) is 26.7 Å². The lowest BCUT2D eigenvalue weighted by atomic mass is 9.91. The van der Waals surface area contributed by atoms with E-state index in [9.17, 15) is 9.59 Å². The van der Waals surface area contributed by atoms with Gasteiger partial charge in [-0.1, -0.05) is 6.92 Å². The van der Waals surface area contributed by atoms with E-state index < -0.39 is 5.41 Å². The molecule has 1 unspecified atom stereocenters. The van der Waals surface area contributed by atoms with Crippen molar-refractivity contribution in [2.24, 2.45) is 5.41 Å². The van der Waals surface area contributed by atoms with Crippen LogP contribution < -0.4 is 5.32 Å². The zero-order valence-corrected chi connectivity index (χ0v) is 11.1. The van der Waals surface area contributed by atoms with Crippen LogP contribution in [0.25, 0.3) is 0 Å². The number of hydrogen-bond donors (Lipinski definition) is 1. The van der Waals surface area contributed by atoms with E-state index in [1.165, 1.54) is 7.11 Å². The third kappa shape index (κ3) is 3.19. The normalized spacial score (nSPS) is 22.1. The molecule has 0 saturated carbocycles. The molecule has 0 aromatic carbocycles. The summed E-state index contributed by atoms with van der Waals surface area (Å²) in [5.74, 6) is -0.183. The number of nitrogens with zero attached hydrogens (tertiary/aromatic N) is 1. The molecule has 5 heteroatoms. The molecule has 1 fully saturated rings. The molecule has 1 aliphatic heterocycles. The van der Waals surface area contributed by atoms with Crippen LogP contribution in [0, 0.1) is 5.41 Å². The predicted octanol–water partition coefficient (Wildman–Crippen LogP) is 0.396. The molecule has 0 aromatic rings. The Morgan fingerprint density at radius 2 is 2.24 bits per heavy atom. The zero-order chi connectivity index (χ0) is 13.1. The Hall–Kier alpha value is -1.10. The number of piperazine rings is 1. The summed E-state index contributed by atoms with van der Waals surface area (Å²) in [5, 5.41) is 2.85. The number of rotatable bonds is 4. The Morgan fingerprint density at radius 1 is 1.59 bits per heavy atom. The van der Waals surface area contributed by atoms with Gasteiger partial charge >= 0.3 is 5.97 Å². The highest BCUT2D eigenvalue weighted by Gasteiger charge is 2.36. The number of nitrogens with one attached hydrogen (secondary N) is 1. The average molecular weight is 242 g/mol. The van der Waals surface area contributed by atoms with Crippen molar-refractivity contribution >= 4 is 11.9 Å². The van der Waals surface area contributed by atoms with Crippen molar-refractivity contribution in [2.45, 2.75) is 33.2 Å². The smallest absolute Gasteiger partial charge is 0.312 e.